The van der Waals surface area contributed by atoms with E-state index in [1.165, 1.54) is 34.9 Å². The van der Waals surface area contributed by atoms with Gasteiger partial charge < -0.3 is 4.74 Å². The number of rotatable bonds is 8. The fourth-order valence-electron chi connectivity index (χ4n) is 3.00. The number of nitrogens with zero attached hydrogens (tertiary/aromatic N) is 2. The van der Waals surface area contributed by atoms with Gasteiger partial charge in [0.15, 0.2) is 0 Å². The Hall–Kier alpha value is -3.77. The third-order valence-corrected chi connectivity index (χ3v) is 6.06. The molecule has 1 heterocycles. The monoisotopic (exact) mass is 500 g/mol. The minimum absolute atomic E-state index is 0.0290. The van der Waals surface area contributed by atoms with E-state index in [1.54, 1.807) is 25.3 Å². The van der Waals surface area contributed by atoms with Crippen molar-refractivity contribution in [3.05, 3.63) is 74.7 Å². The summed E-state index contributed by atoms with van der Waals surface area (Å²) < 4.78 is 5.59. The Kier molecular flexibility index (Phi) is 8.33. The highest BCUT2D eigenvalue weighted by molar-refractivity contribution is 8.26. The molecular weight excluding hydrogens is 480 g/mol. The first-order valence-corrected chi connectivity index (χ1v) is 11.2. The summed E-state index contributed by atoms with van der Waals surface area (Å²) in [5.41, 5.74) is 5.08. The van der Waals surface area contributed by atoms with Gasteiger partial charge in [0, 0.05) is 30.7 Å². The van der Waals surface area contributed by atoms with Crippen LogP contribution in [-0.4, -0.2) is 45.5 Å². The number of benzene rings is 2. The second kappa shape index (κ2) is 11.4. The van der Waals surface area contributed by atoms with E-state index in [9.17, 15) is 24.5 Å². The van der Waals surface area contributed by atoms with Crippen LogP contribution < -0.4 is 15.6 Å². The van der Waals surface area contributed by atoms with E-state index in [2.05, 4.69) is 10.9 Å². The number of thioether (sulfide) groups is 1. The first-order chi connectivity index (χ1) is 16.3. The van der Waals surface area contributed by atoms with Crippen molar-refractivity contribution < 1.29 is 24.0 Å². The molecule has 0 radical (unpaired) electrons. The number of nitro groups is 1. The molecule has 1 aliphatic rings. The van der Waals surface area contributed by atoms with Crippen molar-refractivity contribution in [2.45, 2.75) is 12.8 Å². The molecule has 176 valence electrons. The number of carbonyl (C=O) groups is 3. The summed E-state index contributed by atoms with van der Waals surface area (Å²) in [5.74, 6) is -0.724. The molecule has 2 N–H and O–H groups in total. The second-order valence-electron chi connectivity index (χ2n) is 7.02. The number of thiocarbonyl (C=S) groups is 1. The number of amides is 3. The molecule has 3 amide bonds. The molecule has 0 spiro atoms. The molecule has 12 heteroatoms. The Balaban J connectivity index is 1.47. The maximum atomic E-state index is 12.7. The molecule has 0 aromatic heterocycles. The summed E-state index contributed by atoms with van der Waals surface area (Å²) in [6.45, 7) is 0.242. The molecule has 2 aromatic rings. The molecule has 0 aliphatic carbocycles. The van der Waals surface area contributed by atoms with Crippen LogP contribution in [0.15, 0.2) is 53.4 Å². The smallest absolute Gasteiger partial charge is 0.270 e. The van der Waals surface area contributed by atoms with Gasteiger partial charge in [-0.1, -0.05) is 42.2 Å². The minimum Gasteiger partial charge on any atom is -0.497 e. The van der Waals surface area contributed by atoms with Gasteiger partial charge in [-0.15, -0.1) is 0 Å². The van der Waals surface area contributed by atoms with Crippen LogP contribution in [0.1, 0.15) is 28.8 Å². The number of hydrogen-bond acceptors (Lipinski definition) is 8. The van der Waals surface area contributed by atoms with Gasteiger partial charge in [0.2, 0.25) is 5.91 Å². The summed E-state index contributed by atoms with van der Waals surface area (Å²) >= 11 is 6.49. The molecular formula is C22H20N4O6S2. The summed E-state index contributed by atoms with van der Waals surface area (Å²) in [4.78, 5) is 49.0. The standard InChI is InChI=1S/C22H20N4O6S2/c1-32-17-8-2-5-14(11-17)12-18-21(29)25(22(33)34-18)10-4-9-19(27)23-24-20(28)15-6-3-7-16(13-15)26(30)31/h2-3,5-8,11-13H,4,9-10H2,1H3,(H,23,27)(H,24,28)/b18-12-. The average Bonchev–Trinajstić information content (AvgIpc) is 3.09. The minimum atomic E-state index is -0.684. The average molecular weight is 501 g/mol. The van der Waals surface area contributed by atoms with Crippen molar-refractivity contribution in [2.75, 3.05) is 13.7 Å². The van der Waals surface area contributed by atoms with E-state index < -0.39 is 16.7 Å². The van der Waals surface area contributed by atoms with Crippen LogP contribution in [0.4, 0.5) is 5.69 Å². The number of hydrogen-bond donors (Lipinski definition) is 2. The summed E-state index contributed by atoms with van der Waals surface area (Å²) in [7, 11) is 1.56. The molecule has 10 nitrogen and oxygen atoms in total. The molecule has 0 saturated carbocycles. The van der Waals surface area contributed by atoms with Crippen LogP contribution in [0, 0.1) is 10.1 Å². The third-order valence-electron chi connectivity index (χ3n) is 4.69. The number of nitro benzene ring substituents is 1. The van der Waals surface area contributed by atoms with Crippen LogP contribution in [0.2, 0.25) is 0 Å². The van der Waals surface area contributed by atoms with E-state index in [1.807, 2.05) is 12.1 Å². The van der Waals surface area contributed by atoms with Gasteiger partial charge in [0.1, 0.15) is 10.1 Å². The number of non-ortho nitro benzene ring substituents is 1. The predicted molar refractivity (Wildman–Crippen MR) is 131 cm³/mol. The first kappa shape index (κ1) is 24.9. The molecule has 1 saturated heterocycles. The van der Waals surface area contributed by atoms with Gasteiger partial charge in [-0.25, -0.2) is 0 Å². The first-order valence-electron chi connectivity index (χ1n) is 10.0. The quantitative estimate of drug-likeness (QED) is 0.245. The summed E-state index contributed by atoms with van der Waals surface area (Å²) in [6, 6.07) is 12.4. The van der Waals surface area contributed by atoms with Crippen LogP contribution in [0.25, 0.3) is 6.08 Å². The highest BCUT2D eigenvalue weighted by atomic mass is 32.2. The van der Waals surface area contributed by atoms with Crippen molar-refractivity contribution in [3.63, 3.8) is 0 Å². The molecule has 1 aliphatic heterocycles. The van der Waals surface area contributed by atoms with E-state index in [0.717, 1.165) is 11.6 Å². The van der Waals surface area contributed by atoms with Crippen LogP contribution in [0.5, 0.6) is 5.75 Å². The van der Waals surface area contributed by atoms with Gasteiger partial charge in [0.25, 0.3) is 17.5 Å². The van der Waals surface area contributed by atoms with Gasteiger partial charge >= 0.3 is 0 Å². The van der Waals surface area contributed by atoms with E-state index in [0.29, 0.717) is 21.4 Å². The zero-order valence-corrected chi connectivity index (χ0v) is 19.6. The molecule has 1 fully saturated rings. The van der Waals surface area contributed by atoms with Crippen molar-refractivity contribution in [3.8, 4) is 5.75 Å². The van der Waals surface area contributed by atoms with Gasteiger partial charge in [0.05, 0.1) is 16.9 Å². The van der Waals surface area contributed by atoms with Gasteiger partial charge in [-0.2, -0.15) is 0 Å². The number of ether oxygens (including phenoxy) is 1. The summed E-state index contributed by atoms with van der Waals surface area (Å²) in [6.07, 6.45) is 2.08. The summed E-state index contributed by atoms with van der Waals surface area (Å²) in [5, 5.41) is 10.8. The normalized spacial score (nSPS) is 14.3. The van der Waals surface area contributed by atoms with E-state index in [-0.39, 0.29) is 30.1 Å². The molecule has 3 rings (SSSR count). The van der Waals surface area contributed by atoms with Crippen LogP contribution in [0.3, 0.4) is 0 Å². The lowest BCUT2D eigenvalue weighted by molar-refractivity contribution is -0.384. The molecule has 0 atom stereocenters. The van der Waals surface area contributed by atoms with Crippen molar-refractivity contribution in [2.24, 2.45) is 0 Å². The second-order valence-corrected chi connectivity index (χ2v) is 8.70. The van der Waals surface area contributed by atoms with Gasteiger partial charge in [-0.3, -0.25) is 40.2 Å². The fraction of sp³-hybridized carbons (Fsp3) is 0.182. The molecule has 34 heavy (non-hydrogen) atoms. The lowest BCUT2D eigenvalue weighted by Crippen LogP contribution is -2.41. The fourth-order valence-corrected chi connectivity index (χ4v) is 4.30. The molecule has 0 unspecified atom stereocenters. The van der Waals surface area contributed by atoms with Gasteiger partial charge in [-0.05, 0) is 36.3 Å². The Bertz CT molecular complexity index is 1180. The predicted octanol–water partition coefficient (Wildman–Crippen LogP) is 3.05. The van der Waals surface area contributed by atoms with Crippen LogP contribution >= 0.6 is 24.0 Å². The number of hydrazine groups is 1. The lowest BCUT2D eigenvalue weighted by Gasteiger charge is -2.14. The van der Waals surface area contributed by atoms with E-state index in [4.69, 9.17) is 17.0 Å². The lowest BCUT2D eigenvalue weighted by atomic mass is 10.2. The highest BCUT2D eigenvalue weighted by Crippen LogP contribution is 2.33. The zero-order valence-electron chi connectivity index (χ0n) is 18.0. The topological polar surface area (TPSA) is 131 Å². The maximum absolute atomic E-state index is 12.7. The van der Waals surface area contributed by atoms with Crippen molar-refractivity contribution in [1.82, 2.24) is 15.8 Å². The Morgan fingerprint density at radius 3 is 2.71 bits per heavy atom. The Morgan fingerprint density at radius 1 is 1.21 bits per heavy atom. The Morgan fingerprint density at radius 2 is 1.97 bits per heavy atom. The van der Waals surface area contributed by atoms with E-state index >= 15 is 0 Å². The largest absolute Gasteiger partial charge is 0.497 e. The van der Waals surface area contributed by atoms with Crippen molar-refractivity contribution >= 4 is 57.8 Å². The SMILES string of the molecule is COc1cccc(/C=C2\SC(=S)N(CCCC(=O)NNC(=O)c3cccc([N+](=O)[O-])c3)C2=O)c1. The number of methoxy groups -OCH3 is 1. The Labute approximate surface area is 204 Å². The molecule has 2 aromatic carbocycles. The maximum Gasteiger partial charge on any atom is 0.270 e. The highest BCUT2D eigenvalue weighted by Gasteiger charge is 2.31. The van der Waals surface area contributed by atoms with Crippen LogP contribution in [-0.2, 0) is 9.59 Å². The molecule has 0 bridgehead atoms. The number of nitrogens with one attached hydrogen (secondary N) is 2. The van der Waals surface area contributed by atoms with Crippen molar-refractivity contribution in [1.29, 1.82) is 0 Å². The number of carbonyl (C=O) groups excluding carboxylic acids is 3. The third kappa shape index (κ3) is 6.39. The zero-order chi connectivity index (χ0) is 24.7.